The Balaban J connectivity index is 2.48. The second-order valence-electron chi connectivity index (χ2n) is 5.97. The molecule has 0 saturated carbocycles. The lowest BCUT2D eigenvalue weighted by Gasteiger charge is -2.35. The van der Waals surface area contributed by atoms with E-state index in [1.54, 1.807) is 18.7 Å². The predicted octanol–water partition coefficient (Wildman–Crippen LogP) is 1.84. The molecule has 0 aliphatic carbocycles. The zero-order chi connectivity index (χ0) is 15.2. The number of likely N-dealkylation sites (tertiary alicyclic amines) is 1. The van der Waals surface area contributed by atoms with Crippen molar-refractivity contribution in [3.63, 3.8) is 0 Å². The number of carbonyl (C=O) groups is 2. The number of hydrogen-bond acceptors (Lipinski definition) is 3. The molecule has 1 aliphatic heterocycles. The van der Waals surface area contributed by atoms with Gasteiger partial charge in [0.2, 0.25) is 0 Å². The van der Waals surface area contributed by atoms with E-state index in [0.717, 1.165) is 19.3 Å². The number of piperidine rings is 1. The van der Waals surface area contributed by atoms with Gasteiger partial charge in [0.15, 0.2) is 0 Å². The second-order valence-corrected chi connectivity index (χ2v) is 5.97. The Morgan fingerprint density at radius 2 is 2.15 bits per heavy atom. The van der Waals surface area contributed by atoms with Crippen molar-refractivity contribution in [2.45, 2.75) is 58.1 Å². The molecular weight excluding hydrogens is 260 g/mol. The lowest BCUT2D eigenvalue weighted by Crippen LogP contribution is -2.54. The molecule has 0 aromatic rings. The summed E-state index contributed by atoms with van der Waals surface area (Å²) in [5.74, 6) is -0.918. The maximum atomic E-state index is 12.2. The van der Waals surface area contributed by atoms with E-state index < -0.39 is 11.5 Å². The van der Waals surface area contributed by atoms with Crippen molar-refractivity contribution >= 4 is 12.0 Å². The average Bonchev–Trinajstić information content (AvgIpc) is 2.34. The van der Waals surface area contributed by atoms with Crippen LogP contribution in [0.4, 0.5) is 4.79 Å². The van der Waals surface area contributed by atoms with Gasteiger partial charge in [-0.1, -0.05) is 6.92 Å². The maximum Gasteiger partial charge on any atom is 0.317 e. The Bertz CT molecular complexity index is 344. The number of nitrogens with one attached hydrogen (secondary N) is 1. The smallest absolute Gasteiger partial charge is 0.317 e. The monoisotopic (exact) mass is 286 g/mol. The Kier molecular flexibility index (Phi) is 6.26. The molecule has 0 radical (unpaired) electrons. The number of urea groups is 1. The summed E-state index contributed by atoms with van der Waals surface area (Å²) in [5.41, 5.74) is -0.750. The van der Waals surface area contributed by atoms with Gasteiger partial charge in [-0.25, -0.2) is 4.79 Å². The number of hydrogen-bond donors (Lipinski definition) is 2. The average molecular weight is 286 g/mol. The molecule has 1 saturated heterocycles. The molecule has 1 aliphatic rings. The van der Waals surface area contributed by atoms with E-state index >= 15 is 0 Å². The van der Waals surface area contributed by atoms with E-state index in [9.17, 15) is 9.59 Å². The van der Waals surface area contributed by atoms with Gasteiger partial charge in [-0.3, -0.25) is 4.79 Å². The van der Waals surface area contributed by atoms with Gasteiger partial charge in [-0.2, -0.15) is 0 Å². The number of carboxylic acids is 1. The van der Waals surface area contributed by atoms with Crippen molar-refractivity contribution in [1.29, 1.82) is 0 Å². The first kappa shape index (κ1) is 16.8. The maximum absolute atomic E-state index is 12.2. The molecule has 20 heavy (non-hydrogen) atoms. The third-order valence-electron chi connectivity index (χ3n) is 3.26. The molecule has 0 bridgehead atoms. The zero-order valence-electron chi connectivity index (χ0n) is 12.6. The van der Waals surface area contributed by atoms with Gasteiger partial charge in [0.1, 0.15) is 0 Å². The van der Waals surface area contributed by atoms with Crippen molar-refractivity contribution in [2.75, 3.05) is 19.7 Å². The van der Waals surface area contributed by atoms with Crippen molar-refractivity contribution in [3.05, 3.63) is 0 Å². The van der Waals surface area contributed by atoms with Gasteiger partial charge >= 0.3 is 12.0 Å². The molecule has 1 atom stereocenters. The zero-order valence-corrected chi connectivity index (χ0v) is 12.6. The Labute approximate surface area is 120 Å². The fourth-order valence-corrected chi connectivity index (χ4v) is 2.33. The first-order valence-electron chi connectivity index (χ1n) is 7.24. The number of carbonyl (C=O) groups excluding carboxylic acids is 1. The Morgan fingerprint density at radius 3 is 2.75 bits per heavy atom. The van der Waals surface area contributed by atoms with Crippen molar-refractivity contribution in [1.82, 2.24) is 10.2 Å². The minimum atomic E-state index is -0.918. The summed E-state index contributed by atoms with van der Waals surface area (Å²) >= 11 is 0. The number of rotatable bonds is 6. The van der Waals surface area contributed by atoms with Crippen molar-refractivity contribution in [3.8, 4) is 0 Å². The summed E-state index contributed by atoms with van der Waals surface area (Å²) in [5, 5.41) is 11.6. The topological polar surface area (TPSA) is 78.9 Å². The molecule has 2 N–H and O–H groups in total. The second kappa shape index (κ2) is 7.47. The van der Waals surface area contributed by atoms with Crippen molar-refractivity contribution < 1.29 is 19.4 Å². The van der Waals surface area contributed by atoms with Crippen LogP contribution in [0.25, 0.3) is 0 Å². The van der Waals surface area contributed by atoms with Crippen LogP contribution in [0.2, 0.25) is 0 Å². The largest absolute Gasteiger partial charge is 0.481 e. The number of carboxylic acid groups (broad SMARTS) is 1. The van der Waals surface area contributed by atoms with Gasteiger partial charge in [-0.15, -0.1) is 0 Å². The first-order valence-corrected chi connectivity index (χ1v) is 7.24. The highest BCUT2D eigenvalue weighted by Gasteiger charge is 2.29. The molecule has 0 aromatic heterocycles. The highest BCUT2D eigenvalue weighted by atomic mass is 16.5. The van der Waals surface area contributed by atoms with Gasteiger partial charge in [0, 0.05) is 25.2 Å². The SMILES string of the molecule is CCCOC1CCCN(C(=O)NC(C)(C)CC(=O)O)C1. The lowest BCUT2D eigenvalue weighted by molar-refractivity contribution is -0.138. The number of amides is 2. The number of aliphatic carboxylic acids is 1. The van der Waals surface area contributed by atoms with Gasteiger partial charge in [-0.05, 0) is 33.1 Å². The van der Waals surface area contributed by atoms with Gasteiger partial charge in [0.05, 0.1) is 12.5 Å². The Hall–Kier alpha value is -1.30. The summed E-state index contributed by atoms with van der Waals surface area (Å²) < 4.78 is 5.69. The van der Waals surface area contributed by atoms with E-state index in [-0.39, 0.29) is 18.6 Å². The summed E-state index contributed by atoms with van der Waals surface area (Å²) in [7, 11) is 0. The van der Waals surface area contributed by atoms with E-state index in [2.05, 4.69) is 12.2 Å². The highest BCUT2D eigenvalue weighted by molar-refractivity contribution is 5.76. The standard InChI is InChI=1S/C14H26N2O4/c1-4-8-20-11-6-5-7-16(10-11)13(19)15-14(2,3)9-12(17)18/h11H,4-10H2,1-3H3,(H,15,19)(H,17,18). The molecule has 1 fully saturated rings. The van der Waals surface area contributed by atoms with E-state index in [1.807, 2.05) is 0 Å². The molecule has 0 spiro atoms. The minimum absolute atomic E-state index is 0.0945. The molecule has 1 heterocycles. The van der Waals surface area contributed by atoms with Crippen LogP contribution in [-0.2, 0) is 9.53 Å². The molecule has 116 valence electrons. The van der Waals surface area contributed by atoms with Crippen LogP contribution in [0, 0.1) is 0 Å². The van der Waals surface area contributed by atoms with Crippen LogP contribution in [0.5, 0.6) is 0 Å². The van der Waals surface area contributed by atoms with Crippen LogP contribution in [0.1, 0.15) is 46.5 Å². The third-order valence-corrected chi connectivity index (χ3v) is 3.26. The number of nitrogens with zero attached hydrogens (tertiary/aromatic N) is 1. The van der Waals surface area contributed by atoms with Crippen LogP contribution in [0.3, 0.4) is 0 Å². The third kappa shape index (κ3) is 5.77. The molecule has 1 unspecified atom stereocenters. The van der Waals surface area contributed by atoms with Gasteiger partial charge in [0.25, 0.3) is 0 Å². The Morgan fingerprint density at radius 1 is 1.45 bits per heavy atom. The summed E-state index contributed by atoms with van der Waals surface area (Å²) in [6, 6.07) is -0.207. The van der Waals surface area contributed by atoms with Crippen molar-refractivity contribution in [2.24, 2.45) is 0 Å². The minimum Gasteiger partial charge on any atom is -0.481 e. The first-order chi connectivity index (χ1) is 9.34. The molecule has 2 amide bonds. The molecule has 6 heteroatoms. The fraction of sp³-hybridized carbons (Fsp3) is 0.857. The fourth-order valence-electron chi connectivity index (χ4n) is 2.33. The molecule has 0 aromatic carbocycles. The molecule has 1 rings (SSSR count). The van der Waals surface area contributed by atoms with Crippen LogP contribution < -0.4 is 5.32 Å². The van der Waals surface area contributed by atoms with Crippen LogP contribution >= 0.6 is 0 Å². The highest BCUT2D eigenvalue weighted by Crippen LogP contribution is 2.15. The summed E-state index contributed by atoms with van der Waals surface area (Å²) in [6.07, 6.45) is 2.86. The van der Waals surface area contributed by atoms with E-state index in [0.29, 0.717) is 19.7 Å². The summed E-state index contributed by atoms with van der Waals surface area (Å²) in [4.78, 5) is 24.7. The molecular formula is C14H26N2O4. The predicted molar refractivity (Wildman–Crippen MR) is 75.7 cm³/mol. The van der Waals surface area contributed by atoms with Crippen LogP contribution in [-0.4, -0.2) is 53.3 Å². The lowest BCUT2D eigenvalue weighted by atomic mass is 10.0. The summed E-state index contributed by atoms with van der Waals surface area (Å²) in [6.45, 7) is 7.48. The van der Waals surface area contributed by atoms with Crippen LogP contribution in [0.15, 0.2) is 0 Å². The quantitative estimate of drug-likeness (QED) is 0.781. The van der Waals surface area contributed by atoms with Gasteiger partial charge < -0.3 is 20.1 Å². The number of ether oxygens (including phenoxy) is 1. The normalized spacial score (nSPS) is 19.8. The van der Waals surface area contributed by atoms with E-state index in [4.69, 9.17) is 9.84 Å². The van der Waals surface area contributed by atoms with E-state index in [1.165, 1.54) is 0 Å². The molecule has 6 nitrogen and oxygen atoms in total.